The Hall–Kier alpha value is -1.56. The van der Waals surface area contributed by atoms with Crippen LogP contribution in [0.1, 0.15) is 19.3 Å². The lowest BCUT2D eigenvalue weighted by Gasteiger charge is -2.26. The molecule has 1 aromatic rings. The van der Waals surface area contributed by atoms with E-state index in [0.29, 0.717) is 5.95 Å². The quantitative estimate of drug-likeness (QED) is 0.665. The first kappa shape index (κ1) is 11.5. The van der Waals surface area contributed by atoms with Crippen LogP contribution in [0.5, 0.6) is 5.88 Å². The van der Waals surface area contributed by atoms with Crippen molar-refractivity contribution in [1.29, 1.82) is 0 Å². The summed E-state index contributed by atoms with van der Waals surface area (Å²) in [6, 6.07) is 1.08. The smallest absolute Gasteiger partial charge is 0.256 e. The summed E-state index contributed by atoms with van der Waals surface area (Å²) in [6.07, 6.45) is 3.44. The molecule has 6 nitrogen and oxygen atoms in total. The van der Waals surface area contributed by atoms with E-state index in [4.69, 9.17) is 5.11 Å². The third-order valence-corrected chi connectivity index (χ3v) is 2.37. The predicted octanol–water partition coefficient (Wildman–Crippen LogP) is -0.359. The molecule has 0 saturated carbocycles. The lowest BCUT2D eigenvalue weighted by molar-refractivity contribution is 0.449. The minimum absolute atomic E-state index is 0. The van der Waals surface area contributed by atoms with E-state index in [9.17, 15) is 4.79 Å². The lowest BCUT2D eigenvalue weighted by atomic mass is 10.1. The van der Waals surface area contributed by atoms with Gasteiger partial charge in [0.2, 0.25) is 11.8 Å². The molecule has 0 aromatic carbocycles. The third-order valence-electron chi connectivity index (χ3n) is 2.37. The van der Waals surface area contributed by atoms with Gasteiger partial charge in [0.25, 0.3) is 5.56 Å². The Kier molecular flexibility index (Phi) is 3.68. The van der Waals surface area contributed by atoms with Crippen molar-refractivity contribution in [2.24, 2.45) is 0 Å². The number of rotatable bonds is 1. The molecule has 6 heteroatoms. The average molecular weight is 213 g/mol. The molecule has 84 valence electrons. The zero-order valence-corrected chi connectivity index (χ0v) is 8.36. The van der Waals surface area contributed by atoms with Crippen LogP contribution in [0, 0.1) is 0 Å². The predicted molar refractivity (Wildman–Crippen MR) is 56.2 cm³/mol. The molecular weight excluding hydrogens is 198 g/mol. The van der Waals surface area contributed by atoms with Crippen molar-refractivity contribution >= 4 is 5.95 Å². The molecule has 0 radical (unpaired) electrons. The van der Waals surface area contributed by atoms with Gasteiger partial charge in [0, 0.05) is 13.1 Å². The van der Waals surface area contributed by atoms with Crippen LogP contribution in [-0.2, 0) is 0 Å². The molecule has 0 bridgehead atoms. The van der Waals surface area contributed by atoms with Crippen molar-refractivity contribution in [1.82, 2.24) is 9.97 Å². The van der Waals surface area contributed by atoms with Gasteiger partial charge < -0.3 is 15.5 Å². The van der Waals surface area contributed by atoms with Crippen molar-refractivity contribution in [2.75, 3.05) is 18.0 Å². The van der Waals surface area contributed by atoms with Crippen molar-refractivity contribution in [3.8, 4) is 5.88 Å². The maximum absolute atomic E-state index is 11.1. The molecule has 0 amide bonds. The zero-order chi connectivity index (χ0) is 9.97. The van der Waals surface area contributed by atoms with E-state index in [1.165, 1.54) is 6.42 Å². The van der Waals surface area contributed by atoms with Gasteiger partial charge in [-0.1, -0.05) is 0 Å². The van der Waals surface area contributed by atoms with Gasteiger partial charge in [0.05, 0.1) is 6.07 Å². The Morgan fingerprint density at radius 1 is 1.33 bits per heavy atom. The number of piperidine rings is 1. The molecule has 1 aliphatic rings. The van der Waals surface area contributed by atoms with Crippen LogP contribution in [-0.4, -0.2) is 33.6 Å². The fourth-order valence-electron chi connectivity index (χ4n) is 1.69. The fraction of sp³-hybridized carbons (Fsp3) is 0.556. The van der Waals surface area contributed by atoms with Crippen LogP contribution < -0.4 is 10.5 Å². The molecule has 0 aliphatic carbocycles. The average Bonchev–Trinajstić information content (AvgIpc) is 2.18. The number of hydrogen-bond acceptors (Lipinski definition) is 4. The standard InChI is InChI=1S/C9H13N3O2.H2O/c13-7-6-8(14)11-9(10-7)12-4-2-1-3-5-12;/h6H,1-5H2,(H2,10,11,13,14);1H2. The maximum atomic E-state index is 11.1. The normalized spacial score (nSPS) is 15.9. The Labute approximate surface area is 86.9 Å². The summed E-state index contributed by atoms with van der Waals surface area (Å²) in [6.45, 7) is 1.79. The molecule has 2 rings (SSSR count). The molecule has 0 atom stereocenters. The highest BCUT2D eigenvalue weighted by atomic mass is 16.3. The second kappa shape index (κ2) is 4.79. The second-order valence-electron chi connectivity index (χ2n) is 3.47. The second-order valence-corrected chi connectivity index (χ2v) is 3.47. The van der Waals surface area contributed by atoms with Crippen LogP contribution in [0.4, 0.5) is 5.95 Å². The molecular formula is C9H15N3O3. The van der Waals surface area contributed by atoms with E-state index in [0.717, 1.165) is 32.0 Å². The van der Waals surface area contributed by atoms with Crippen LogP contribution in [0.25, 0.3) is 0 Å². The lowest BCUT2D eigenvalue weighted by Crippen LogP contribution is -2.32. The minimum Gasteiger partial charge on any atom is -0.493 e. The third kappa shape index (κ3) is 2.69. The summed E-state index contributed by atoms with van der Waals surface area (Å²) in [5, 5.41) is 9.17. The molecule has 15 heavy (non-hydrogen) atoms. The molecule has 1 aromatic heterocycles. The topological polar surface area (TPSA) is 101 Å². The van der Waals surface area contributed by atoms with Crippen molar-refractivity contribution < 1.29 is 10.6 Å². The van der Waals surface area contributed by atoms with Gasteiger partial charge in [-0.2, -0.15) is 4.98 Å². The van der Waals surface area contributed by atoms with Crippen LogP contribution >= 0.6 is 0 Å². The molecule has 0 spiro atoms. The summed E-state index contributed by atoms with van der Waals surface area (Å²) in [5.74, 6) is 0.268. The first-order chi connectivity index (χ1) is 6.75. The zero-order valence-electron chi connectivity index (χ0n) is 8.36. The Bertz CT molecular complexity index is 371. The van der Waals surface area contributed by atoms with Gasteiger partial charge in [0.15, 0.2) is 0 Å². The summed E-state index contributed by atoms with van der Waals surface area (Å²) >= 11 is 0. The largest absolute Gasteiger partial charge is 0.493 e. The number of aromatic amines is 1. The molecule has 0 unspecified atom stereocenters. The van der Waals surface area contributed by atoms with Crippen molar-refractivity contribution in [3.05, 3.63) is 16.4 Å². The molecule has 1 aliphatic heterocycles. The van der Waals surface area contributed by atoms with E-state index in [2.05, 4.69) is 9.97 Å². The Morgan fingerprint density at radius 2 is 2.00 bits per heavy atom. The number of hydrogen-bond donors (Lipinski definition) is 2. The SMILES string of the molecule is O.O=c1cc(O)nc(N2CCCCC2)[nH]1. The van der Waals surface area contributed by atoms with E-state index >= 15 is 0 Å². The summed E-state index contributed by atoms with van der Waals surface area (Å²) in [5.41, 5.74) is -0.307. The number of H-pyrrole nitrogens is 1. The Morgan fingerprint density at radius 3 is 2.60 bits per heavy atom. The number of aromatic nitrogens is 2. The van der Waals surface area contributed by atoms with Gasteiger partial charge in [-0.15, -0.1) is 0 Å². The van der Waals surface area contributed by atoms with E-state index in [-0.39, 0.29) is 16.9 Å². The minimum atomic E-state index is -0.307. The first-order valence-corrected chi connectivity index (χ1v) is 4.81. The van der Waals surface area contributed by atoms with Crippen LogP contribution in [0.15, 0.2) is 10.9 Å². The van der Waals surface area contributed by atoms with Crippen molar-refractivity contribution in [3.63, 3.8) is 0 Å². The number of nitrogens with one attached hydrogen (secondary N) is 1. The van der Waals surface area contributed by atoms with E-state index in [1.807, 2.05) is 4.90 Å². The highest BCUT2D eigenvalue weighted by Crippen LogP contribution is 2.15. The van der Waals surface area contributed by atoms with Gasteiger partial charge in [-0.25, -0.2) is 0 Å². The van der Waals surface area contributed by atoms with Crippen LogP contribution in [0.2, 0.25) is 0 Å². The summed E-state index contributed by atoms with van der Waals surface area (Å²) < 4.78 is 0. The highest BCUT2D eigenvalue weighted by molar-refractivity contribution is 5.31. The van der Waals surface area contributed by atoms with Crippen LogP contribution in [0.3, 0.4) is 0 Å². The summed E-state index contributed by atoms with van der Waals surface area (Å²) in [7, 11) is 0. The first-order valence-electron chi connectivity index (χ1n) is 4.81. The molecule has 1 saturated heterocycles. The molecule has 4 N–H and O–H groups in total. The molecule has 1 fully saturated rings. The van der Waals surface area contributed by atoms with Gasteiger partial charge >= 0.3 is 0 Å². The number of anilines is 1. The number of aromatic hydroxyl groups is 1. The van der Waals surface area contributed by atoms with E-state index < -0.39 is 0 Å². The maximum Gasteiger partial charge on any atom is 0.256 e. The monoisotopic (exact) mass is 213 g/mol. The summed E-state index contributed by atoms with van der Waals surface area (Å²) in [4.78, 5) is 19.6. The number of nitrogens with zero attached hydrogens (tertiary/aromatic N) is 2. The van der Waals surface area contributed by atoms with E-state index in [1.54, 1.807) is 0 Å². The fourth-order valence-corrected chi connectivity index (χ4v) is 1.69. The highest BCUT2D eigenvalue weighted by Gasteiger charge is 2.13. The molecule has 2 heterocycles. The van der Waals surface area contributed by atoms with Gasteiger partial charge in [0.1, 0.15) is 0 Å². The Balaban J connectivity index is 0.00000112. The van der Waals surface area contributed by atoms with Gasteiger partial charge in [-0.3, -0.25) is 9.78 Å². The van der Waals surface area contributed by atoms with Crippen molar-refractivity contribution in [2.45, 2.75) is 19.3 Å². The van der Waals surface area contributed by atoms with Gasteiger partial charge in [-0.05, 0) is 19.3 Å².